The average Bonchev–Trinajstić information content (AvgIpc) is 3.55. The van der Waals surface area contributed by atoms with Gasteiger partial charge in [-0.2, -0.15) is 0 Å². The van der Waals surface area contributed by atoms with Crippen LogP contribution in [0.3, 0.4) is 0 Å². The van der Waals surface area contributed by atoms with Crippen LogP contribution < -0.4 is 27.0 Å². The summed E-state index contributed by atoms with van der Waals surface area (Å²) < 4.78 is 0. The number of imidazole rings is 1. The highest BCUT2D eigenvalue weighted by molar-refractivity contribution is 6.09. The van der Waals surface area contributed by atoms with Crippen LogP contribution in [0.15, 0.2) is 91.3 Å². The molecule has 2 amide bonds. The summed E-state index contributed by atoms with van der Waals surface area (Å²) in [6.45, 7) is 3.55. The zero-order valence-corrected chi connectivity index (χ0v) is 24.7. The Kier molecular flexibility index (Phi) is 9.83. The van der Waals surface area contributed by atoms with Gasteiger partial charge in [-0.3, -0.25) is 15.0 Å². The van der Waals surface area contributed by atoms with Crippen molar-refractivity contribution in [1.82, 2.24) is 31.2 Å². The number of hydrogen-bond acceptors (Lipinski definition) is 5. The van der Waals surface area contributed by atoms with E-state index >= 15 is 0 Å². The number of carbonyl (C=O) groups is 2. The van der Waals surface area contributed by atoms with Crippen LogP contribution in [0.4, 0.5) is 0 Å². The van der Waals surface area contributed by atoms with Crippen molar-refractivity contribution in [2.75, 3.05) is 6.54 Å². The number of nitrogens with one attached hydrogen (secondary N) is 6. The number of benzene rings is 4. The summed E-state index contributed by atoms with van der Waals surface area (Å²) in [5.74, 6) is 0.117. The van der Waals surface area contributed by atoms with Gasteiger partial charge in [0.2, 0.25) is 5.91 Å². The molecule has 226 valence electrons. The van der Waals surface area contributed by atoms with Gasteiger partial charge in [0.1, 0.15) is 11.9 Å². The minimum atomic E-state index is -0.790. The van der Waals surface area contributed by atoms with E-state index < -0.39 is 6.04 Å². The van der Waals surface area contributed by atoms with Crippen LogP contribution in [0, 0.1) is 5.41 Å². The topological polar surface area (TPSA) is 161 Å². The molecule has 10 heteroatoms. The Bertz CT molecular complexity index is 1750. The average molecular weight is 591 g/mol. The van der Waals surface area contributed by atoms with Gasteiger partial charge in [0.15, 0.2) is 5.96 Å². The number of amides is 2. The van der Waals surface area contributed by atoms with Crippen molar-refractivity contribution < 1.29 is 9.59 Å². The molecule has 10 nitrogen and oxygen atoms in total. The van der Waals surface area contributed by atoms with Gasteiger partial charge in [-0.05, 0) is 58.5 Å². The first-order valence-corrected chi connectivity index (χ1v) is 14.8. The van der Waals surface area contributed by atoms with E-state index in [-0.39, 0.29) is 23.8 Å². The predicted octanol–water partition coefficient (Wildman–Crippen LogP) is 4.24. The monoisotopic (exact) mass is 590 g/mol. The first-order valence-electron chi connectivity index (χ1n) is 14.8. The van der Waals surface area contributed by atoms with Gasteiger partial charge in [-0.25, -0.2) is 4.98 Å². The van der Waals surface area contributed by atoms with E-state index in [9.17, 15) is 9.59 Å². The molecule has 5 rings (SSSR count). The van der Waals surface area contributed by atoms with Gasteiger partial charge in [-0.1, -0.05) is 72.8 Å². The minimum Gasteiger partial charge on any atom is -0.370 e. The Balaban J connectivity index is 1.33. The van der Waals surface area contributed by atoms with Crippen molar-refractivity contribution in [3.63, 3.8) is 0 Å². The Morgan fingerprint density at radius 2 is 1.66 bits per heavy atom. The number of carbonyl (C=O) groups excluding carboxylic acids is 2. The molecule has 0 aliphatic rings. The fourth-order valence-electron chi connectivity index (χ4n) is 5.48. The molecule has 44 heavy (non-hydrogen) atoms. The first-order chi connectivity index (χ1) is 21.4. The maximum Gasteiger partial charge on any atom is 0.252 e. The zero-order chi connectivity index (χ0) is 30.9. The molecule has 2 atom stereocenters. The second kappa shape index (κ2) is 14.3. The molecule has 8 N–H and O–H groups in total. The highest BCUT2D eigenvalue weighted by Gasteiger charge is 2.24. The molecule has 5 aromatic rings. The van der Waals surface area contributed by atoms with E-state index in [2.05, 4.69) is 31.2 Å². The van der Waals surface area contributed by atoms with Crippen molar-refractivity contribution in [1.29, 1.82) is 5.41 Å². The fourth-order valence-corrected chi connectivity index (χ4v) is 5.48. The van der Waals surface area contributed by atoms with E-state index in [1.165, 1.54) is 0 Å². The lowest BCUT2D eigenvalue weighted by Crippen LogP contribution is -2.47. The van der Waals surface area contributed by atoms with Crippen LogP contribution in [0.25, 0.3) is 21.5 Å². The number of nitrogens with zero attached hydrogens (tertiary/aromatic N) is 1. The number of guanidine groups is 1. The third-order valence-corrected chi connectivity index (χ3v) is 7.68. The Morgan fingerprint density at radius 3 is 2.43 bits per heavy atom. The van der Waals surface area contributed by atoms with E-state index in [0.717, 1.165) is 38.5 Å². The Labute approximate surface area is 256 Å². The van der Waals surface area contributed by atoms with Crippen molar-refractivity contribution in [3.8, 4) is 0 Å². The molecule has 1 heterocycles. The number of fused-ring (bicyclic) bond motifs is 2. The van der Waals surface area contributed by atoms with E-state index in [1.54, 1.807) is 12.4 Å². The highest BCUT2D eigenvalue weighted by atomic mass is 16.2. The van der Waals surface area contributed by atoms with Crippen LogP contribution in [0.1, 0.15) is 53.1 Å². The molecule has 0 spiro atoms. The number of aromatic amines is 1. The van der Waals surface area contributed by atoms with Gasteiger partial charge in [-0.15, -0.1) is 0 Å². The lowest BCUT2D eigenvalue weighted by molar-refractivity contribution is -0.123. The third-order valence-electron chi connectivity index (χ3n) is 7.68. The van der Waals surface area contributed by atoms with Crippen molar-refractivity contribution in [2.24, 2.45) is 5.73 Å². The van der Waals surface area contributed by atoms with Gasteiger partial charge in [0.25, 0.3) is 5.91 Å². The number of H-pyrrole nitrogens is 1. The fraction of sp³-hybridized carbons (Fsp3) is 0.235. The van der Waals surface area contributed by atoms with Crippen molar-refractivity contribution in [3.05, 3.63) is 114 Å². The SMILES string of the molecule is C[C@H](NC(=O)[C@H](CCCNC(=N)N)NC(=O)c1ccc(CNCc2ncc[nH]2)c2ccccc12)c1cccc2ccccc12. The number of aromatic nitrogens is 2. The molecule has 0 aliphatic carbocycles. The van der Waals surface area contributed by atoms with Crippen LogP contribution in [0.2, 0.25) is 0 Å². The van der Waals surface area contributed by atoms with Gasteiger partial charge < -0.3 is 32.0 Å². The molecule has 0 aliphatic heterocycles. The van der Waals surface area contributed by atoms with Crippen molar-refractivity contribution in [2.45, 2.75) is 44.9 Å². The van der Waals surface area contributed by atoms with Gasteiger partial charge in [0, 0.05) is 31.0 Å². The normalized spacial score (nSPS) is 12.5. The molecular formula is C34H38N8O2. The maximum atomic E-state index is 13.7. The summed E-state index contributed by atoms with van der Waals surface area (Å²) in [5, 5.41) is 23.6. The van der Waals surface area contributed by atoms with Crippen LogP contribution in [-0.2, 0) is 17.9 Å². The zero-order valence-electron chi connectivity index (χ0n) is 24.7. The largest absolute Gasteiger partial charge is 0.370 e. The highest BCUT2D eigenvalue weighted by Crippen LogP contribution is 2.25. The smallest absolute Gasteiger partial charge is 0.252 e. The van der Waals surface area contributed by atoms with E-state index in [4.69, 9.17) is 11.1 Å². The van der Waals surface area contributed by atoms with Gasteiger partial charge in [0.05, 0.1) is 12.6 Å². The molecular weight excluding hydrogens is 552 g/mol. The number of hydrogen-bond donors (Lipinski definition) is 7. The number of nitrogens with two attached hydrogens (primary N) is 1. The first kappa shape index (κ1) is 30.2. The lowest BCUT2D eigenvalue weighted by atomic mass is 9.98. The lowest BCUT2D eigenvalue weighted by Gasteiger charge is -2.23. The molecule has 4 aromatic carbocycles. The summed E-state index contributed by atoms with van der Waals surface area (Å²) >= 11 is 0. The minimum absolute atomic E-state index is 0.134. The Hall–Kier alpha value is -5.22. The Morgan fingerprint density at radius 1 is 0.909 bits per heavy atom. The van der Waals surface area contributed by atoms with E-state index in [0.29, 0.717) is 38.0 Å². The van der Waals surface area contributed by atoms with Crippen LogP contribution in [-0.4, -0.2) is 40.3 Å². The molecule has 0 saturated carbocycles. The van der Waals surface area contributed by atoms with Crippen LogP contribution >= 0.6 is 0 Å². The van der Waals surface area contributed by atoms with Crippen molar-refractivity contribution >= 4 is 39.3 Å². The maximum absolute atomic E-state index is 13.7. The summed E-state index contributed by atoms with van der Waals surface area (Å²) in [5.41, 5.74) is 7.99. The second-order valence-corrected chi connectivity index (χ2v) is 10.8. The molecule has 0 radical (unpaired) electrons. The summed E-state index contributed by atoms with van der Waals surface area (Å²) in [6.07, 6.45) is 4.41. The molecule has 0 unspecified atom stereocenters. The quantitative estimate of drug-likeness (QED) is 0.0617. The molecule has 1 aromatic heterocycles. The standard InChI is InChI=1S/C34H38N8O2/c1-22(25-13-6-9-23-8-2-3-10-26(23)25)41-33(44)30(14-7-17-40-34(35)36)42-32(43)29-16-15-24(27-11-4-5-12-28(27)29)20-37-21-31-38-18-19-39-31/h2-6,8-13,15-16,18-19,22,30,37H,7,14,17,20-21H2,1H3,(H,38,39)(H,41,44)(H,42,43)(H4,35,36,40)/t22-,30-/m0/s1. The molecule has 0 saturated heterocycles. The summed E-state index contributed by atoms with van der Waals surface area (Å²) in [6, 6.07) is 24.6. The van der Waals surface area contributed by atoms with Gasteiger partial charge >= 0.3 is 0 Å². The second-order valence-electron chi connectivity index (χ2n) is 10.8. The summed E-state index contributed by atoms with van der Waals surface area (Å²) in [7, 11) is 0. The third kappa shape index (κ3) is 7.40. The molecule has 0 fully saturated rings. The summed E-state index contributed by atoms with van der Waals surface area (Å²) in [4.78, 5) is 34.7. The molecule has 0 bridgehead atoms. The van der Waals surface area contributed by atoms with E-state index in [1.807, 2.05) is 85.8 Å². The predicted molar refractivity (Wildman–Crippen MR) is 174 cm³/mol. The van der Waals surface area contributed by atoms with Crippen LogP contribution in [0.5, 0.6) is 0 Å². The number of rotatable bonds is 13.